The van der Waals surface area contributed by atoms with Crippen molar-refractivity contribution in [3.63, 3.8) is 0 Å². The predicted molar refractivity (Wildman–Crippen MR) is 109 cm³/mol. The summed E-state index contributed by atoms with van der Waals surface area (Å²) < 4.78 is 16.4. The Balaban J connectivity index is 1.55. The molecule has 0 radical (unpaired) electrons. The molecule has 152 valence electrons. The molecule has 1 amide bonds. The summed E-state index contributed by atoms with van der Waals surface area (Å²) in [7, 11) is 1.72. The first kappa shape index (κ1) is 21.3. The van der Waals surface area contributed by atoms with E-state index < -0.39 is 0 Å². The molecule has 0 fully saturated rings. The van der Waals surface area contributed by atoms with Gasteiger partial charge in [-0.3, -0.25) is 9.79 Å². The Kier molecular flexibility index (Phi) is 9.43. The molecule has 0 saturated carbocycles. The number of hydrogen-bond donors (Lipinski definition) is 3. The number of hydrogen-bond acceptors (Lipinski definition) is 5. The maximum atomic E-state index is 11.1. The minimum atomic E-state index is -0.111. The molecule has 8 heteroatoms. The number of ether oxygens (including phenoxy) is 2. The number of anilines is 1. The average Bonchev–Trinajstić information content (AvgIpc) is 3.19. The van der Waals surface area contributed by atoms with Crippen LogP contribution in [0, 0.1) is 0 Å². The van der Waals surface area contributed by atoms with Gasteiger partial charge < -0.3 is 29.8 Å². The van der Waals surface area contributed by atoms with Crippen molar-refractivity contribution in [3.8, 4) is 5.75 Å². The van der Waals surface area contributed by atoms with E-state index in [1.165, 1.54) is 6.92 Å². The number of benzene rings is 1. The summed E-state index contributed by atoms with van der Waals surface area (Å²) in [6, 6.07) is 11.0. The van der Waals surface area contributed by atoms with E-state index in [-0.39, 0.29) is 5.91 Å². The number of rotatable bonds is 11. The maximum Gasteiger partial charge on any atom is 0.221 e. The van der Waals surface area contributed by atoms with Crippen molar-refractivity contribution < 1.29 is 18.7 Å². The second kappa shape index (κ2) is 12.4. The summed E-state index contributed by atoms with van der Waals surface area (Å²) in [5.41, 5.74) is 0.713. The highest BCUT2D eigenvalue weighted by Gasteiger charge is 2.01. The first-order valence-electron chi connectivity index (χ1n) is 9.22. The minimum absolute atomic E-state index is 0.111. The highest BCUT2D eigenvalue weighted by atomic mass is 16.5. The van der Waals surface area contributed by atoms with Crippen LogP contribution in [0.25, 0.3) is 0 Å². The zero-order chi connectivity index (χ0) is 20.0. The molecule has 2 rings (SSSR count). The number of amides is 1. The number of nitrogens with one attached hydrogen (secondary N) is 3. The first-order chi connectivity index (χ1) is 13.7. The molecule has 0 aliphatic carbocycles. The quantitative estimate of drug-likeness (QED) is 0.311. The van der Waals surface area contributed by atoms with Gasteiger partial charge in [-0.25, -0.2) is 0 Å². The normalized spacial score (nSPS) is 11.1. The van der Waals surface area contributed by atoms with E-state index in [2.05, 4.69) is 20.9 Å². The molecule has 8 nitrogen and oxygen atoms in total. The first-order valence-corrected chi connectivity index (χ1v) is 9.22. The van der Waals surface area contributed by atoms with Gasteiger partial charge >= 0.3 is 0 Å². The van der Waals surface area contributed by atoms with Gasteiger partial charge in [-0.05, 0) is 30.7 Å². The Hall–Kier alpha value is -3.00. The molecule has 1 aromatic carbocycles. The van der Waals surface area contributed by atoms with Crippen LogP contribution < -0.4 is 20.7 Å². The van der Waals surface area contributed by atoms with Crippen LogP contribution in [0.2, 0.25) is 0 Å². The molecule has 3 N–H and O–H groups in total. The van der Waals surface area contributed by atoms with Crippen molar-refractivity contribution in [2.24, 2.45) is 4.99 Å². The molecule has 1 aromatic heterocycles. The highest BCUT2D eigenvalue weighted by molar-refractivity contribution is 5.88. The Morgan fingerprint density at radius 1 is 1.14 bits per heavy atom. The molecule has 0 bridgehead atoms. The Morgan fingerprint density at radius 3 is 2.75 bits per heavy atom. The molecule has 0 aliphatic rings. The second-order valence-electron chi connectivity index (χ2n) is 5.97. The predicted octanol–water partition coefficient (Wildman–Crippen LogP) is 2.39. The van der Waals surface area contributed by atoms with Crippen LogP contribution in [0.15, 0.2) is 52.1 Å². The Bertz CT molecular complexity index is 732. The summed E-state index contributed by atoms with van der Waals surface area (Å²) in [5, 5.41) is 9.14. The minimum Gasteiger partial charge on any atom is -0.492 e. The van der Waals surface area contributed by atoms with Gasteiger partial charge in [0.25, 0.3) is 0 Å². The molecule has 0 atom stereocenters. The standard InChI is InChI=1S/C20H28N4O4/c1-16(25)24-17-6-3-7-18(14-17)28-13-10-23-20(21-2)22-9-5-11-26-15-19-8-4-12-27-19/h3-4,6-8,12,14H,5,9-11,13,15H2,1-2H3,(H,24,25)(H2,21,22,23). The summed E-state index contributed by atoms with van der Waals surface area (Å²) in [4.78, 5) is 15.3. The van der Waals surface area contributed by atoms with Gasteiger partial charge in [0, 0.05) is 38.9 Å². The fourth-order valence-electron chi connectivity index (χ4n) is 2.37. The number of nitrogens with zero attached hydrogens (tertiary/aromatic N) is 1. The average molecular weight is 388 g/mol. The zero-order valence-corrected chi connectivity index (χ0v) is 16.4. The van der Waals surface area contributed by atoms with Gasteiger partial charge in [0.2, 0.25) is 5.91 Å². The Morgan fingerprint density at radius 2 is 2.00 bits per heavy atom. The number of carbonyl (C=O) groups is 1. The molecule has 2 aromatic rings. The van der Waals surface area contributed by atoms with Crippen molar-refractivity contribution in [2.45, 2.75) is 20.0 Å². The maximum absolute atomic E-state index is 11.1. The lowest BCUT2D eigenvalue weighted by Gasteiger charge is -2.13. The summed E-state index contributed by atoms with van der Waals surface area (Å²) >= 11 is 0. The van der Waals surface area contributed by atoms with Gasteiger partial charge in [0.05, 0.1) is 12.8 Å². The third kappa shape index (κ3) is 8.59. The zero-order valence-electron chi connectivity index (χ0n) is 16.4. The highest BCUT2D eigenvalue weighted by Crippen LogP contribution is 2.16. The van der Waals surface area contributed by atoms with Gasteiger partial charge in [-0.15, -0.1) is 0 Å². The van der Waals surface area contributed by atoms with Crippen LogP contribution >= 0.6 is 0 Å². The molecule has 0 saturated heterocycles. The summed E-state index contributed by atoms with van der Waals surface area (Å²) in [5.74, 6) is 2.12. The van der Waals surface area contributed by atoms with E-state index in [1.54, 1.807) is 19.4 Å². The molecule has 1 heterocycles. The lowest BCUT2D eigenvalue weighted by atomic mass is 10.3. The van der Waals surface area contributed by atoms with E-state index in [1.807, 2.05) is 30.3 Å². The molecule has 28 heavy (non-hydrogen) atoms. The Labute approximate surface area is 165 Å². The number of aliphatic imine (C=N–C) groups is 1. The lowest BCUT2D eigenvalue weighted by molar-refractivity contribution is -0.114. The SMILES string of the molecule is CN=C(NCCCOCc1ccco1)NCCOc1cccc(NC(C)=O)c1. The van der Waals surface area contributed by atoms with E-state index >= 15 is 0 Å². The second-order valence-corrected chi connectivity index (χ2v) is 5.97. The molecular weight excluding hydrogens is 360 g/mol. The topological polar surface area (TPSA) is 97.1 Å². The van der Waals surface area contributed by atoms with Crippen LogP contribution in [0.3, 0.4) is 0 Å². The smallest absolute Gasteiger partial charge is 0.221 e. The van der Waals surface area contributed by atoms with Crippen LogP contribution in [0.5, 0.6) is 5.75 Å². The van der Waals surface area contributed by atoms with Crippen LogP contribution in [0.1, 0.15) is 19.1 Å². The lowest BCUT2D eigenvalue weighted by Crippen LogP contribution is -2.39. The molecule has 0 spiro atoms. The van der Waals surface area contributed by atoms with E-state index in [4.69, 9.17) is 13.9 Å². The number of guanidine groups is 1. The summed E-state index contributed by atoms with van der Waals surface area (Å²) in [6.07, 6.45) is 2.49. The monoisotopic (exact) mass is 388 g/mol. The van der Waals surface area contributed by atoms with Crippen molar-refractivity contribution >= 4 is 17.6 Å². The van der Waals surface area contributed by atoms with Gasteiger partial charge in [0.15, 0.2) is 5.96 Å². The molecule has 0 unspecified atom stereocenters. The molecular formula is C20H28N4O4. The largest absolute Gasteiger partial charge is 0.492 e. The van der Waals surface area contributed by atoms with Crippen LogP contribution in [0.4, 0.5) is 5.69 Å². The third-order valence-electron chi connectivity index (χ3n) is 3.62. The van der Waals surface area contributed by atoms with Crippen LogP contribution in [-0.2, 0) is 16.1 Å². The van der Waals surface area contributed by atoms with E-state index in [0.717, 1.165) is 18.7 Å². The van der Waals surface area contributed by atoms with Crippen molar-refractivity contribution in [1.29, 1.82) is 0 Å². The van der Waals surface area contributed by atoms with E-state index in [0.29, 0.717) is 43.8 Å². The number of carbonyl (C=O) groups excluding carboxylic acids is 1. The van der Waals surface area contributed by atoms with Crippen molar-refractivity contribution in [3.05, 3.63) is 48.4 Å². The van der Waals surface area contributed by atoms with Gasteiger partial charge in [-0.2, -0.15) is 0 Å². The van der Waals surface area contributed by atoms with Gasteiger partial charge in [0.1, 0.15) is 24.7 Å². The van der Waals surface area contributed by atoms with Crippen molar-refractivity contribution in [2.75, 3.05) is 38.7 Å². The molecule has 0 aliphatic heterocycles. The number of furan rings is 1. The van der Waals surface area contributed by atoms with E-state index in [9.17, 15) is 4.79 Å². The fraction of sp³-hybridized carbons (Fsp3) is 0.400. The van der Waals surface area contributed by atoms with Crippen LogP contribution in [-0.4, -0.2) is 45.2 Å². The van der Waals surface area contributed by atoms with Crippen molar-refractivity contribution in [1.82, 2.24) is 10.6 Å². The summed E-state index contributed by atoms with van der Waals surface area (Å²) in [6.45, 7) is 4.41. The third-order valence-corrected chi connectivity index (χ3v) is 3.62. The fourth-order valence-corrected chi connectivity index (χ4v) is 2.37. The van der Waals surface area contributed by atoms with Gasteiger partial charge in [-0.1, -0.05) is 6.07 Å².